The Balaban J connectivity index is 1.41. The Bertz CT molecular complexity index is 312. The van der Waals surface area contributed by atoms with Crippen LogP contribution in [0, 0.1) is 5.92 Å². The average molecular weight is 283 g/mol. The maximum absolute atomic E-state index is 12.2. The molecular weight excluding hydrogens is 258 g/mol. The summed E-state index contributed by atoms with van der Waals surface area (Å²) in [5, 5.41) is 0. The molecule has 1 amide bonds. The van der Waals surface area contributed by atoms with Crippen molar-refractivity contribution >= 4 is 17.7 Å². The molecule has 2 aliphatic heterocycles. The predicted octanol–water partition coefficient (Wildman–Crippen LogP) is 3.04. The van der Waals surface area contributed by atoms with E-state index in [4.69, 9.17) is 4.74 Å². The molecule has 0 atom stereocenters. The maximum Gasteiger partial charge on any atom is 0.222 e. The number of ether oxygens (including phenoxy) is 1. The van der Waals surface area contributed by atoms with Crippen LogP contribution < -0.4 is 0 Å². The average Bonchev–Trinajstić information content (AvgIpc) is 3.09. The highest BCUT2D eigenvalue weighted by Gasteiger charge is 2.40. The second-order valence-electron chi connectivity index (χ2n) is 6.18. The van der Waals surface area contributed by atoms with Gasteiger partial charge in [-0.05, 0) is 12.3 Å². The van der Waals surface area contributed by atoms with Crippen LogP contribution in [0.3, 0.4) is 0 Å². The van der Waals surface area contributed by atoms with Gasteiger partial charge in [0.15, 0.2) is 0 Å². The fraction of sp³-hybridized carbons (Fsp3) is 0.933. The second-order valence-corrected chi connectivity index (χ2v) is 7.62. The first-order chi connectivity index (χ1) is 9.27. The van der Waals surface area contributed by atoms with Crippen LogP contribution in [0.2, 0.25) is 0 Å². The van der Waals surface area contributed by atoms with Crippen molar-refractivity contribution in [3.63, 3.8) is 0 Å². The first kappa shape index (κ1) is 13.7. The van der Waals surface area contributed by atoms with Crippen molar-refractivity contribution < 1.29 is 9.53 Å². The molecule has 3 rings (SSSR count). The lowest BCUT2D eigenvalue weighted by Gasteiger charge is -2.38. The third-order valence-corrected chi connectivity index (χ3v) is 6.36. The molecule has 3 fully saturated rings. The van der Waals surface area contributed by atoms with Crippen molar-refractivity contribution in [3.8, 4) is 0 Å². The third kappa shape index (κ3) is 3.27. The molecule has 0 bridgehead atoms. The Morgan fingerprint density at radius 2 is 2.00 bits per heavy atom. The van der Waals surface area contributed by atoms with Gasteiger partial charge in [-0.3, -0.25) is 4.79 Å². The van der Waals surface area contributed by atoms with Gasteiger partial charge in [0, 0.05) is 38.1 Å². The molecule has 0 unspecified atom stereocenters. The van der Waals surface area contributed by atoms with Crippen molar-refractivity contribution in [1.82, 2.24) is 4.90 Å². The van der Waals surface area contributed by atoms with Gasteiger partial charge < -0.3 is 9.64 Å². The number of carbonyl (C=O) groups excluding carboxylic acids is 1. The first-order valence-electron chi connectivity index (χ1n) is 7.83. The molecule has 4 heteroatoms. The summed E-state index contributed by atoms with van der Waals surface area (Å²) in [5.41, 5.74) is 0. The van der Waals surface area contributed by atoms with E-state index in [1.54, 1.807) is 0 Å². The first-order valence-corrected chi connectivity index (χ1v) is 8.82. The predicted molar refractivity (Wildman–Crippen MR) is 78.1 cm³/mol. The van der Waals surface area contributed by atoms with Crippen LogP contribution in [0.5, 0.6) is 0 Å². The second kappa shape index (κ2) is 6.04. The number of piperidine rings is 1. The van der Waals surface area contributed by atoms with Crippen molar-refractivity contribution in [2.45, 2.75) is 56.3 Å². The van der Waals surface area contributed by atoms with Crippen molar-refractivity contribution in [2.75, 3.05) is 25.4 Å². The molecule has 1 aliphatic carbocycles. The Kier molecular flexibility index (Phi) is 4.37. The zero-order valence-electron chi connectivity index (χ0n) is 11.7. The van der Waals surface area contributed by atoms with Crippen molar-refractivity contribution in [3.05, 3.63) is 0 Å². The fourth-order valence-electron chi connectivity index (χ4n) is 3.67. The SMILES string of the molecule is O=C(CCC1CCCC1)N1CCC2(CC1)OCCS2. The lowest BCUT2D eigenvalue weighted by molar-refractivity contribution is -0.134. The van der Waals surface area contributed by atoms with Crippen LogP contribution in [0.4, 0.5) is 0 Å². The summed E-state index contributed by atoms with van der Waals surface area (Å²) in [5.74, 6) is 2.33. The number of hydrogen-bond donors (Lipinski definition) is 0. The molecule has 0 aromatic carbocycles. The van der Waals surface area contributed by atoms with Crippen molar-refractivity contribution in [2.24, 2.45) is 5.92 Å². The number of nitrogens with zero attached hydrogens (tertiary/aromatic N) is 1. The monoisotopic (exact) mass is 283 g/mol. The van der Waals surface area contributed by atoms with Gasteiger partial charge in [0.2, 0.25) is 5.91 Å². The minimum Gasteiger partial charge on any atom is -0.363 e. The summed E-state index contributed by atoms with van der Waals surface area (Å²) in [6, 6.07) is 0. The van der Waals surface area contributed by atoms with Crippen LogP contribution in [-0.4, -0.2) is 41.2 Å². The summed E-state index contributed by atoms with van der Waals surface area (Å²) in [4.78, 5) is 14.4. The molecule has 1 spiro atoms. The molecule has 3 aliphatic rings. The van der Waals surface area contributed by atoms with E-state index >= 15 is 0 Å². The summed E-state index contributed by atoms with van der Waals surface area (Å²) in [7, 11) is 0. The molecule has 19 heavy (non-hydrogen) atoms. The van der Waals surface area contributed by atoms with Crippen LogP contribution in [0.15, 0.2) is 0 Å². The Hall–Kier alpha value is -0.220. The van der Waals surface area contributed by atoms with Crippen LogP contribution in [-0.2, 0) is 9.53 Å². The van der Waals surface area contributed by atoms with E-state index in [1.807, 2.05) is 11.8 Å². The topological polar surface area (TPSA) is 29.5 Å². The summed E-state index contributed by atoms with van der Waals surface area (Å²) < 4.78 is 5.88. The number of hydrogen-bond acceptors (Lipinski definition) is 3. The molecule has 108 valence electrons. The molecule has 2 saturated heterocycles. The van der Waals surface area contributed by atoms with E-state index in [0.29, 0.717) is 5.91 Å². The van der Waals surface area contributed by atoms with E-state index in [9.17, 15) is 4.79 Å². The van der Waals surface area contributed by atoms with E-state index in [0.717, 1.165) is 57.1 Å². The Morgan fingerprint density at radius 1 is 1.26 bits per heavy atom. The summed E-state index contributed by atoms with van der Waals surface area (Å²) >= 11 is 1.95. The molecule has 2 heterocycles. The lowest BCUT2D eigenvalue weighted by atomic mass is 10.0. The summed E-state index contributed by atoms with van der Waals surface area (Å²) in [6.07, 6.45) is 9.37. The van der Waals surface area contributed by atoms with Crippen molar-refractivity contribution in [1.29, 1.82) is 0 Å². The normalized spacial score (nSPS) is 27.3. The number of carbonyl (C=O) groups is 1. The van der Waals surface area contributed by atoms with Gasteiger partial charge in [0.05, 0.1) is 6.61 Å². The lowest BCUT2D eigenvalue weighted by Crippen LogP contribution is -2.45. The zero-order chi connectivity index (χ0) is 13.1. The van der Waals surface area contributed by atoms with Gasteiger partial charge >= 0.3 is 0 Å². The molecule has 0 N–H and O–H groups in total. The molecule has 0 aromatic rings. The van der Waals surface area contributed by atoms with Crippen LogP contribution in [0.1, 0.15) is 51.4 Å². The highest BCUT2D eigenvalue weighted by Crippen LogP contribution is 2.41. The van der Waals surface area contributed by atoms with E-state index in [-0.39, 0.29) is 4.93 Å². The van der Waals surface area contributed by atoms with Gasteiger partial charge in [0.25, 0.3) is 0 Å². The van der Waals surface area contributed by atoms with Crippen LogP contribution in [0.25, 0.3) is 0 Å². The number of rotatable bonds is 3. The fourth-order valence-corrected chi connectivity index (χ4v) is 4.84. The highest BCUT2D eigenvalue weighted by molar-refractivity contribution is 8.00. The maximum atomic E-state index is 12.2. The quantitative estimate of drug-likeness (QED) is 0.797. The van der Waals surface area contributed by atoms with E-state index < -0.39 is 0 Å². The van der Waals surface area contributed by atoms with E-state index in [2.05, 4.69) is 4.90 Å². The van der Waals surface area contributed by atoms with E-state index in [1.165, 1.54) is 25.7 Å². The Labute approximate surface area is 120 Å². The van der Waals surface area contributed by atoms with Gasteiger partial charge in [0.1, 0.15) is 4.93 Å². The molecule has 1 saturated carbocycles. The third-order valence-electron chi connectivity index (χ3n) is 4.93. The smallest absolute Gasteiger partial charge is 0.222 e. The summed E-state index contributed by atoms with van der Waals surface area (Å²) in [6.45, 7) is 2.69. The molecule has 3 nitrogen and oxygen atoms in total. The molecule has 0 aromatic heterocycles. The van der Waals surface area contributed by atoms with Gasteiger partial charge in [-0.25, -0.2) is 0 Å². The largest absolute Gasteiger partial charge is 0.363 e. The minimum atomic E-state index is 0.0578. The number of thioether (sulfide) groups is 1. The highest BCUT2D eigenvalue weighted by atomic mass is 32.2. The number of likely N-dealkylation sites (tertiary alicyclic amines) is 1. The standard InChI is InChI=1S/C15H25NO2S/c17-14(6-5-13-3-1-2-4-13)16-9-7-15(8-10-16)18-11-12-19-15/h13H,1-12H2. The Morgan fingerprint density at radius 3 is 2.63 bits per heavy atom. The van der Waals surface area contributed by atoms with Gasteiger partial charge in [-0.15, -0.1) is 11.8 Å². The number of amides is 1. The molecular formula is C15H25NO2S. The molecule has 0 radical (unpaired) electrons. The van der Waals surface area contributed by atoms with Crippen LogP contribution >= 0.6 is 11.8 Å². The van der Waals surface area contributed by atoms with Gasteiger partial charge in [-0.1, -0.05) is 25.7 Å². The minimum absolute atomic E-state index is 0.0578. The zero-order valence-corrected chi connectivity index (χ0v) is 12.6. The van der Waals surface area contributed by atoms with Gasteiger partial charge in [-0.2, -0.15) is 0 Å².